The molecule has 2 aliphatic heterocycles. The molecule has 1 aromatic heterocycles. The second-order valence-corrected chi connectivity index (χ2v) is 9.59. The predicted octanol–water partition coefficient (Wildman–Crippen LogP) is 2.66. The zero-order chi connectivity index (χ0) is 20.3. The van der Waals surface area contributed by atoms with E-state index in [-0.39, 0.29) is 40.4 Å². The maximum atomic E-state index is 14.7. The number of carbonyl (C=O) groups is 1. The molecule has 2 aromatic carbocycles. The Bertz CT molecular complexity index is 1330. The zero-order valence-corrected chi connectivity index (χ0v) is 16.0. The van der Waals surface area contributed by atoms with Crippen LogP contribution in [0.3, 0.4) is 0 Å². The summed E-state index contributed by atoms with van der Waals surface area (Å²) in [6.07, 6.45) is 0.237. The van der Waals surface area contributed by atoms with Gasteiger partial charge in [-0.1, -0.05) is 30.3 Å². The normalized spacial score (nSPS) is 22.9. The van der Waals surface area contributed by atoms with E-state index in [2.05, 4.69) is 0 Å². The highest BCUT2D eigenvalue weighted by atomic mass is 32.2. The number of carbonyl (C=O) groups excluding carboxylic acids is 1. The summed E-state index contributed by atoms with van der Waals surface area (Å²) in [7, 11) is -3.30. The molecule has 1 amide bonds. The standard InChI is InChI=1S/C21H16FNO5S/c22-15-7-3-1-5-13(15)18-17-19(24)14-6-2-4-8-16(14)28-20(17)21(25)23(18)12-9-10-29(26,27)11-12/h1-8,12,18H,9-11H2. The number of benzene rings is 2. The Labute approximate surface area is 165 Å². The van der Waals surface area contributed by atoms with Crippen molar-refractivity contribution in [2.24, 2.45) is 0 Å². The Morgan fingerprint density at radius 3 is 2.48 bits per heavy atom. The molecule has 2 aliphatic rings. The van der Waals surface area contributed by atoms with Crippen molar-refractivity contribution < 1.29 is 22.0 Å². The summed E-state index contributed by atoms with van der Waals surface area (Å²) in [6.45, 7) is 0. The lowest BCUT2D eigenvalue weighted by Gasteiger charge is -2.30. The van der Waals surface area contributed by atoms with Gasteiger partial charge in [0.25, 0.3) is 5.91 Å². The third-order valence-electron chi connectivity index (χ3n) is 5.61. The van der Waals surface area contributed by atoms with E-state index in [1.807, 2.05) is 0 Å². The Morgan fingerprint density at radius 2 is 1.76 bits per heavy atom. The lowest BCUT2D eigenvalue weighted by molar-refractivity contribution is 0.0660. The van der Waals surface area contributed by atoms with E-state index < -0.39 is 39.1 Å². The van der Waals surface area contributed by atoms with E-state index in [1.54, 1.807) is 30.3 Å². The first-order valence-corrected chi connectivity index (χ1v) is 11.0. The van der Waals surface area contributed by atoms with Gasteiger partial charge in [-0.2, -0.15) is 0 Å². The van der Waals surface area contributed by atoms with Crippen LogP contribution in [0.15, 0.2) is 57.7 Å². The van der Waals surface area contributed by atoms with Crippen LogP contribution in [0.25, 0.3) is 11.0 Å². The van der Waals surface area contributed by atoms with E-state index >= 15 is 0 Å². The molecule has 148 valence electrons. The number of para-hydroxylation sites is 1. The van der Waals surface area contributed by atoms with E-state index in [9.17, 15) is 22.4 Å². The third-order valence-corrected chi connectivity index (χ3v) is 7.37. The number of hydrogen-bond donors (Lipinski definition) is 0. The lowest BCUT2D eigenvalue weighted by Crippen LogP contribution is -2.40. The van der Waals surface area contributed by atoms with Crippen LogP contribution in [0.1, 0.15) is 34.1 Å². The van der Waals surface area contributed by atoms with Crippen LogP contribution < -0.4 is 5.43 Å². The molecule has 8 heteroatoms. The fraction of sp³-hybridized carbons (Fsp3) is 0.238. The number of fused-ring (bicyclic) bond motifs is 2. The molecule has 5 rings (SSSR count). The first-order valence-electron chi connectivity index (χ1n) is 9.20. The van der Waals surface area contributed by atoms with Gasteiger partial charge in [-0.05, 0) is 24.6 Å². The molecule has 2 unspecified atom stereocenters. The van der Waals surface area contributed by atoms with Gasteiger partial charge in [0, 0.05) is 11.6 Å². The van der Waals surface area contributed by atoms with Gasteiger partial charge in [0.15, 0.2) is 15.3 Å². The Morgan fingerprint density at radius 1 is 1.03 bits per heavy atom. The number of rotatable bonds is 2. The quantitative estimate of drug-likeness (QED) is 0.645. The Hall–Kier alpha value is -3.00. The molecule has 6 nitrogen and oxygen atoms in total. The molecule has 0 saturated carbocycles. The minimum absolute atomic E-state index is 0.0505. The maximum absolute atomic E-state index is 14.7. The SMILES string of the molecule is O=C1c2oc3ccccc3c(=O)c2C(c2ccccc2F)N1C1CCS(=O)(=O)C1. The molecule has 3 heterocycles. The van der Waals surface area contributed by atoms with Crippen LogP contribution in [0.2, 0.25) is 0 Å². The highest BCUT2D eigenvalue weighted by molar-refractivity contribution is 7.91. The molecule has 0 N–H and O–H groups in total. The van der Waals surface area contributed by atoms with Crippen LogP contribution in [0.4, 0.5) is 4.39 Å². The van der Waals surface area contributed by atoms with Crippen molar-refractivity contribution >= 4 is 26.7 Å². The van der Waals surface area contributed by atoms with Gasteiger partial charge in [-0.15, -0.1) is 0 Å². The van der Waals surface area contributed by atoms with Crippen molar-refractivity contribution in [2.45, 2.75) is 18.5 Å². The van der Waals surface area contributed by atoms with Crippen molar-refractivity contribution in [1.29, 1.82) is 0 Å². The molecule has 0 radical (unpaired) electrons. The van der Waals surface area contributed by atoms with Gasteiger partial charge in [0.05, 0.1) is 28.5 Å². The summed E-state index contributed by atoms with van der Waals surface area (Å²) in [5, 5.41) is 0.293. The molecule has 1 fully saturated rings. The predicted molar refractivity (Wildman–Crippen MR) is 104 cm³/mol. The first kappa shape index (κ1) is 18.1. The smallest absolute Gasteiger partial charge is 0.291 e. The summed E-state index contributed by atoms with van der Waals surface area (Å²) in [6, 6.07) is 10.8. The van der Waals surface area contributed by atoms with E-state index in [0.29, 0.717) is 5.39 Å². The largest absolute Gasteiger partial charge is 0.450 e. The molecule has 0 spiro atoms. The van der Waals surface area contributed by atoms with Gasteiger partial charge in [-0.3, -0.25) is 9.59 Å². The fourth-order valence-electron chi connectivity index (χ4n) is 4.31. The second-order valence-electron chi connectivity index (χ2n) is 7.36. The molecular weight excluding hydrogens is 397 g/mol. The van der Waals surface area contributed by atoms with Crippen LogP contribution >= 0.6 is 0 Å². The van der Waals surface area contributed by atoms with E-state index in [0.717, 1.165) is 0 Å². The van der Waals surface area contributed by atoms with Crippen LogP contribution in [-0.2, 0) is 9.84 Å². The van der Waals surface area contributed by atoms with Crippen molar-refractivity contribution in [3.63, 3.8) is 0 Å². The summed E-state index contributed by atoms with van der Waals surface area (Å²) in [5.41, 5.74) is 0.0548. The number of sulfone groups is 1. The zero-order valence-electron chi connectivity index (χ0n) is 15.2. The van der Waals surface area contributed by atoms with Crippen LogP contribution in [-0.4, -0.2) is 36.8 Å². The third kappa shape index (κ3) is 2.70. The first-order chi connectivity index (χ1) is 13.9. The van der Waals surface area contributed by atoms with Gasteiger partial charge in [-0.25, -0.2) is 12.8 Å². The Balaban J connectivity index is 1.79. The van der Waals surface area contributed by atoms with Gasteiger partial charge in [0.2, 0.25) is 5.76 Å². The average molecular weight is 413 g/mol. The lowest BCUT2D eigenvalue weighted by atomic mass is 9.97. The van der Waals surface area contributed by atoms with Crippen molar-refractivity contribution in [2.75, 3.05) is 11.5 Å². The van der Waals surface area contributed by atoms with E-state index in [1.165, 1.54) is 23.1 Å². The molecule has 3 aromatic rings. The van der Waals surface area contributed by atoms with Gasteiger partial charge in [0.1, 0.15) is 11.4 Å². The summed E-state index contributed by atoms with van der Waals surface area (Å²) in [5.74, 6) is -1.57. The number of hydrogen-bond acceptors (Lipinski definition) is 5. The van der Waals surface area contributed by atoms with Crippen molar-refractivity contribution in [1.82, 2.24) is 4.90 Å². The highest BCUT2D eigenvalue weighted by Crippen LogP contribution is 2.42. The number of nitrogens with zero attached hydrogens (tertiary/aromatic N) is 1. The Kier molecular flexibility index (Phi) is 3.89. The average Bonchev–Trinajstić information content (AvgIpc) is 3.19. The molecule has 0 aliphatic carbocycles. The molecule has 2 atom stereocenters. The molecule has 29 heavy (non-hydrogen) atoms. The summed E-state index contributed by atoms with van der Waals surface area (Å²) in [4.78, 5) is 27.8. The highest BCUT2D eigenvalue weighted by Gasteiger charge is 2.49. The topological polar surface area (TPSA) is 84.7 Å². The summed E-state index contributed by atoms with van der Waals surface area (Å²) >= 11 is 0. The van der Waals surface area contributed by atoms with Gasteiger partial charge < -0.3 is 9.32 Å². The minimum Gasteiger partial charge on any atom is -0.450 e. The van der Waals surface area contributed by atoms with Crippen LogP contribution in [0, 0.1) is 5.82 Å². The summed E-state index contributed by atoms with van der Waals surface area (Å²) < 4.78 is 44.6. The molecular formula is C21H16FNO5S. The minimum atomic E-state index is -3.30. The van der Waals surface area contributed by atoms with Gasteiger partial charge >= 0.3 is 0 Å². The monoisotopic (exact) mass is 413 g/mol. The van der Waals surface area contributed by atoms with Crippen LogP contribution in [0.5, 0.6) is 0 Å². The van der Waals surface area contributed by atoms with E-state index in [4.69, 9.17) is 4.42 Å². The number of halogens is 1. The number of amides is 1. The van der Waals surface area contributed by atoms with Crippen molar-refractivity contribution in [3.05, 3.63) is 81.5 Å². The molecule has 0 bridgehead atoms. The van der Waals surface area contributed by atoms with Crippen molar-refractivity contribution in [3.8, 4) is 0 Å². The fourth-order valence-corrected chi connectivity index (χ4v) is 6.02. The molecule has 1 saturated heterocycles. The second kappa shape index (κ2) is 6.25. The maximum Gasteiger partial charge on any atom is 0.291 e.